The van der Waals surface area contributed by atoms with E-state index in [4.69, 9.17) is 0 Å². The highest BCUT2D eigenvalue weighted by Crippen LogP contribution is 2.31. The lowest BCUT2D eigenvalue weighted by Gasteiger charge is -2.43. The van der Waals surface area contributed by atoms with Crippen molar-refractivity contribution in [2.45, 2.75) is 51.1 Å². The van der Waals surface area contributed by atoms with Gasteiger partial charge in [-0.1, -0.05) is 35.9 Å². The van der Waals surface area contributed by atoms with Gasteiger partial charge in [0, 0.05) is 55.9 Å². The van der Waals surface area contributed by atoms with Gasteiger partial charge in [0.2, 0.25) is 0 Å². The second kappa shape index (κ2) is 11.0. The van der Waals surface area contributed by atoms with Gasteiger partial charge in [-0.3, -0.25) is 14.7 Å². The summed E-state index contributed by atoms with van der Waals surface area (Å²) in [4.78, 5) is 21.8. The van der Waals surface area contributed by atoms with Gasteiger partial charge in [-0.25, -0.2) is 0 Å². The zero-order valence-corrected chi connectivity index (χ0v) is 20.7. The SMILES string of the molecule is Cc1cccc(C2CCCN(C3CCN(c4ccc(C(=O)NCc5cccnc5)cc4)CC3)C2)c1. The van der Waals surface area contributed by atoms with Crippen molar-refractivity contribution in [3.63, 3.8) is 0 Å². The summed E-state index contributed by atoms with van der Waals surface area (Å²) >= 11 is 0. The van der Waals surface area contributed by atoms with Crippen molar-refractivity contribution in [3.05, 3.63) is 95.3 Å². The molecular formula is C30H36N4O. The Bertz CT molecular complexity index is 1110. The highest BCUT2D eigenvalue weighted by molar-refractivity contribution is 5.94. The first kappa shape index (κ1) is 23.6. The zero-order valence-electron chi connectivity index (χ0n) is 20.7. The number of aromatic nitrogens is 1. The van der Waals surface area contributed by atoms with Crippen molar-refractivity contribution >= 4 is 11.6 Å². The number of carbonyl (C=O) groups excluding carboxylic acids is 1. The molecule has 2 aliphatic rings. The van der Waals surface area contributed by atoms with Crippen LogP contribution < -0.4 is 10.2 Å². The van der Waals surface area contributed by atoms with Crippen molar-refractivity contribution < 1.29 is 4.79 Å². The molecule has 182 valence electrons. The monoisotopic (exact) mass is 468 g/mol. The third kappa shape index (κ3) is 5.91. The van der Waals surface area contributed by atoms with Gasteiger partial charge in [0.05, 0.1) is 0 Å². The number of hydrogen-bond donors (Lipinski definition) is 1. The van der Waals surface area contributed by atoms with E-state index in [1.807, 2.05) is 24.3 Å². The predicted molar refractivity (Wildman–Crippen MR) is 142 cm³/mol. The Kier molecular flexibility index (Phi) is 7.43. The van der Waals surface area contributed by atoms with E-state index < -0.39 is 0 Å². The number of pyridine rings is 1. The van der Waals surface area contributed by atoms with E-state index in [0.29, 0.717) is 24.1 Å². The summed E-state index contributed by atoms with van der Waals surface area (Å²) in [5, 5.41) is 2.98. The molecule has 0 spiro atoms. The summed E-state index contributed by atoms with van der Waals surface area (Å²) in [5.41, 5.74) is 5.78. The van der Waals surface area contributed by atoms with Crippen LogP contribution in [0, 0.1) is 6.92 Å². The maximum Gasteiger partial charge on any atom is 0.251 e. The maximum atomic E-state index is 12.5. The number of nitrogens with one attached hydrogen (secondary N) is 1. The normalized spacial score (nSPS) is 19.5. The highest BCUT2D eigenvalue weighted by Gasteiger charge is 2.29. The Morgan fingerprint density at radius 3 is 2.57 bits per heavy atom. The Hall–Kier alpha value is -3.18. The Morgan fingerprint density at radius 2 is 1.83 bits per heavy atom. The van der Waals surface area contributed by atoms with E-state index in [-0.39, 0.29) is 5.91 Å². The van der Waals surface area contributed by atoms with Gasteiger partial charge in [-0.15, -0.1) is 0 Å². The average Bonchev–Trinajstić information content (AvgIpc) is 2.92. The van der Waals surface area contributed by atoms with Crippen molar-refractivity contribution in [3.8, 4) is 0 Å². The first-order valence-corrected chi connectivity index (χ1v) is 13.0. The van der Waals surface area contributed by atoms with Gasteiger partial charge in [-0.05, 0) is 86.5 Å². The Labute approximate surface area is 209 Å². The maximum absolute atomic E-state index is 12.5. The Balaban J connectivity index is 1.12. The molecule has 3 aromatic rings. The third-order valence-corrected chi connectivity index (χ3v) is 7.62. The minimum Gasteiger partial charge on any atom is -0.371 e. The van der Waals surface area contributed by atoms with Crippen LogP contribution in [0.2, 0.25) is 0 Å². The summed E-state index contributed by atoms with van der Waals surface area (Å²) in [5.74, 6) is 0.617. The topological polar surface area (TPSA) is 48.5 Å². The second-order valence-corrected chi connectivity index (χ2v) is 10.1. The van der Waals surface area contributed by atoms with Gasteiger partial charge in [0.1, 0.15) is 0 Å². The second-order valence-electron chi connectivity index (χ2n) is 10.1. The first-order valence-electron chi connectivity index (χ1n) is 13.0. The number of hydrogen-bond acceptors (Lipinski definition) is 4. The molecule has 1 atom stereocenters. The minimum atomic E-state index is -0.0487. The summed E-state index contributed by atoms with van der Waals surface area (Å²) in [6.45, 7) is 7.25. The number of rotatable bonds is 6. The van der Waals surface area contributed by atoms with Crippen LogP contribution >= 0.6 is 0 Å². The molecule has 0 bridgehead atoms. The quantitative estimate of drug-likeness (QED) is 0.542. The smallest absolute Gasteiger partial charge is 0.251 e. The minimum absolute atomic E-state index is 0.0487. The van der Waals surface area contributed by atoms with Crippen LogP contribution in [-0.2, 0) is 6.54 Å². The largest absolute Gasteiger partial charge is 0.371 e. The number of amides is 1. The van der Waals surface area contributed by atoms with Crippen LogP contribution in [0.1, 0.15) is 58.6 Å². The van der Waals surface area contributed by atoms with Gasteiger partial charge in [0.25, 0.3) is 5.91 Å². The van der Waals surface area contributed by atoms with Gasteiger partial charge < -0.3 is 10.2 Å². The number of likely N-dealkylation sites (tertiary alicyclic amines) is 1. The molecule has 5 nitrogen and oxygen atoms in total. The van der Waals surface area contributed by atoms with E-state index in [1.165, 1.54) is 55.6 Å². The van der Waals surface area contributed by atoms with Crippen LogP contribution in [0.3, 0.4) is 0 Å². The number of aryl methyl sites for hydroxylation is 1. The Morgan fingerprint density at radius 1 is 1.00 bits per heavy atom. The molecular weight excluding hydrogens is 432 g/mol. The van der Waals surface area contributed by atoms with E-state index in [0.717, 1.165) is 18.7 Å². The molecule has 2 aromatic carbocycles. The molecule has 2 saturated heterocycles. The highest BCUT2D eigenvalue weighted by atomic mass is 16.1. The summed E-state index contributed by atoms with van der Waals surface area (Å²) < 4.78 is 0. The number of carbonyl (C=O) groups is 1. The number of anilines is 1. The molecule has 0 saturated carbocycles. The van der Waals surface area contributed by atoms with E-state index in [9.17, 15) is 4.79 Å². The van der Waals surface area contributed by atoms with Crippen molar-refractivity contribution in [2.75, 3.05) is 31.1 Å². The molecule has 2 fully saturated rings. The van der Waals surface area contributed by atoms with E-state index in [2.05, 4.69) is 63.4 Å². The molecule has 35 heavy (non-hydrogen) atoms. The molecule has 1 amide bonds. The molecule has 3 heterocycles. The van der Waals surface area contributed by atoms with E-state index in [1.54, 1.807) is 12.4 Å². The van der Waals surface area contributed by atoms with Crippen molar-refractivity contribution in [1.82, 2.24) is 15.2 Å². The molecule has 2 aliphatic heterocycles. The van der Waals surface area contributed by atoms with Crippen LogP contribution in [-0.4, -0.2) is 48.0 Å². The fourth-order valence-electron chi connectivity index (χ4n) is 5.63. The first-order chi connectivity index (χ1) is 17.2. The standard InChI is InChI=1S/C30H36N4O/c1-23-5-2-7-26(19-23)27-8-4-16-34(22-27)29-13-17-33(18-14-29)28-11-9-25(10-12-28)30(35)32-21-24-6-3-15-31-20-24/h2-3,5-7,9-12,15,19-20,27,29H,4,8,13-14,16-18,21-22H2,1H3,(H,32,35). The van der Waals surface area contributed by atoms with Crippen molar-refractivity contribution in [2.24, 2.45) is 0 Å². The number of benzene rings is 2. The lowest BCUT2D eigenvalue weighted by molar-refractivity contribution is 0.0951. The summed E-state index contributed by atoms with van der Waals surface area (Å²) in [6.07, 6.45) is 8.52. The van der Waals surface area contributed by atoms with Crippen molar-refractivity contribution in [1.29, 1.82) is 0 Å². The van der Waals surface area contributed by atoms with Crippen LogP contribution in [0.25, 0.3) is 0 Å². The fourth-order valence-corrected chi connectivity index (χ4v) is 5.63. The lowest BCUT2D eigenvalue weighted by Crippen LogP contribution is -2.48. The molecule has 1 unspecified atom stereocenters. The van der Waals surface area contributed by atoms with Gasteiger partial charge in [0.15, 0.2) is 0 Å². The summed E-state index contributed by atoms with van der Waals surface area (Å²) in [6, 6.07) is 21.7. The van der Waals surface area contributed by atoms with E-state index >= 15 is 0 Å². The third-order valence-electron chi connectivity index (χ3n) is 7.62. The number of nitrogens with zero attached hydrogens (tertiary/aromatic N) is 3. The molecule has 0 radical (unpaired) electrons. The molecule has 5 heteroatoms. The molecule has 5 rings (SSSR count). The van der Waals surface area contributed by atoms with Crippen LogP contribution in [0.4, 0.5) is 5.69 Å². The van der Waals surface area contributed by atoms with Crippen LogP contribution in [0.15, 0.2) is 73.1 Å². The lowest BCUT2D eigenvalue weighted by atomic mass is 9.88. The molecule has 0 aliphatic carbocycles. The fraction of sp³-hybridized carbons (Fsp3) is 0.400. The van der Waals surface area contributed by atoms with Gasteiger partial charge in [-0.2, -0.15) is 0 Å². The van der Waals surface area contributed by atoms with Crippen LogP contribution in [0.5, 0.6) is 0 Å². The average molecular weight is 469 g/mol. The van der Waals surface area contributed by atoms with Gasteiger partial charge >= 0.3 is 0 Å². The summed E-state index contributed by atoms with van der Waals surface area (Å²) in [7, 11) is 0. The number of piperidine rings is 2. The molecule has 1 aromatic heterocycles. The molecule has 1 N–H and O–H groups in total. The predicted octanol–water partition coefficient (Wildman–Crippen LogP) is 5.17. The zero-order chi connectivity index (χ0) is 24.0.